The van der Waals surface area contributed by atoms with Crippen LogP contribution in [0.25, 0.3) is 22.2 Å². The summed E-state index contributed by atoms with van der Waals surface area (Å²) in [5, 5.41) is 14.7. The van der Waals surface area contributed by atoms with Gasteiger partial charge in [-0.15, -0.1) is 0 Å². The number of H-pyrrole nitrogens is 1. The van der Waals surface area contributed by atoms with Gasteiger partial charge in [-0.25, -0.2) is 9.37 Å². The van der Waals surface area contributed by atoms with Crippen molar-refractivity contribution in [1.82, 2.24) is 14.9 Å². The molecule has 3 N–H and O–H groups in total. The van der Waals surface area contributed by atoms with E-state index in [2.05, 4.69) is 32.1 Å². The molecule has 0 radical (unpaired) electrons. The second-order valence-electron chi connectivity index (χ2n) is 8.38. The molecule has 1 aliphatic heterocycles. The lowest BCUT2D eigenvalue weighted by molar-refractivity contribution is 0.311. The molecule has 2 aromatic heterocycles. The number of phenolic OH excluding ortho intramolecular Hbond substituents is 1. The van der Waals surface area contributed by atoms with Gasteiger partial charge in [0.25, 0.3) is 0 Å². The van der Waals surface area contributed by atoms with E-state index < -0.39 is 0 Å². The van der Waals surface area contributed by atoms with Crippen LogP contribution < -0.4 is 10.2 Å². The highest BCUT2D eigenvalue weighted by Crippen LogP contribution is 2.37. The summed E-state index contributed by atoms with van der Waals surface area (Å²) in [5.74, 6) is 0.0222. The topological polar surface area (TPSA) is 67.4 Å². The number of fused-ring (bicyclic) bond motifs is 1. The molecule has 32 heavy (non-hydrogen) atoms. The smallest absolute Gasteiger partial charge is 0.148 e. The lowest BCUT2D eigenvalue weighted by Crippen LogP contribution is -2.44. The minimum atomic E-state index is -0.236. The van der Waals surface area contributed by atoms with Gasteiger partial charge < -0.3 is 25.2 Å². The van der Waals surface area contributed by atoms with E-state index in [-0.39, 0.29) is 11.6 Å². The number of nitrogens with zero attached hydrogens (tertiary/aromatic N) is 3. The Kier molecular flexibility index (Phi) is 5.19. The van der Waals surface area contributed by atoms with E-state index in [1.165, 1.54) is 6.07 Å². The molecule has 1 aliphatic rings. The lowest BCUT2D eigenvalue weighted by Gasteiger charge is -2.34. The number of nitrogens with one attached hydrogen (secondary N) is 2. The van der Waals surface area contributed by atoms with Crippen LogP contribution in [0.4, 0.5) is 21.5 Å². The van der Waals surface area contributed by atoms with Crippen molar-refractivity contribution < 1.29 is 9.50 Å². The molecule has 0 unspecified atom stereocenters. The Morgan fingerprint density at radius 2 is 1.84 bits per heavy atom. The van der Waals surface area contributed by atoms with Crippen molar-refractivity contribution in [3.63, 3.8) is 0 Å². The number of pyridine rings is 1. The number of piperazine rings is 1. The zero-order valence-electron chi connectivity index (χ0n) is 18.2. The Morgan fingerprint density at radius 1 is 1.03 bits per heavy atom. The Labute approximate surface area is 186 Å². The predicted octanol–water partition coefficient (Wildman–Crippen LogP) is 4.88. The standard InChI is InChI=1S/C25H26FN5O/c1-16-4-3-5-19(24(16)32)21-15-28-25-20(21)12-18(14-27-25)29-17-6-7-23(22(26)13-17)31-10-8-30(2)9-11-31/h3-7,12-15,29,32H,8-11H2,1-2H3,(H,27,28). The minimum Gasteiger partial charge on any atom is -0.507 e. The number of phenols is 1. The number of hydrogen-bond acceptors (Lipinski definition) is 5. The molecule has 0 saturated carbocycles. The average molecular weight is 432 g/mol. The first-order valence-electron chi connectivity index (χ1n) is 10.8. The van der Waals surface area contributed by atoms with Crippen LogP contribution in [0.2, 0.25) is 0 Å². The van der Waals surface area contributed by atoms with E-state index in [0.29, 0.717) is 11.4 Å². The van der Waals surface area contributed by atoms with Crippen molar-refractivity contribution in [3.8, 4) is 16.9 Å². The van der Waals surface area contributed by atoms with E-state index >= 15 is 0 Å². The highest BCUT2D eigenvalue weighted by Gasteiger charge is 2.18. The zero-order chi connectivity index (χ0) is 22.2. The van der Waals surface area contributed by atoms with Crippen molar-refractivity contribution in [1.29, 1.82) is 0 Å². The van der Waals surface area contributed by atoms with Crippen molar-refractivity contribution in [3.05, 3.63) is 66.2 Å². The van der Waals surface area contributed by atoms with Crippen LogP contribution in [-0.2, 0) is 0 Å². The number of aromatic amines is 1. The Balaban J connectivity index is 1.42. The molecule has 3 heterocycles. The molecule has 5 rings (SSSR count). The number of hydrogen-bond donors (Lipinski definition) is 3. The first kappa shape index (κ1) is 20.3. The molecular weight excluding hydrogens is 405 g/mol. The van der Waals surface area contributed by atoms with Gasteiger partial charge in [-0.3, -0.25) is 0 Å². The number of aryl methyl sites for hydroxylation is 1. The van der Waals surface area contributed by atoms with Gasteiger partial charge in [0.2, 0.25) is 0 Å². The molecule has 0 spiro atoms. The summed E-state index contributed by atoms with van der Waals surface area (Å²) in [5.41, 5.74) is 5.21. The van der Waals surface area contributed by atoms with E-state index in [9.17, 15) is 9.50 Å². The second-order valence-corrected chi connectivity index (χ2v) is 8.38. The third-order valence-electron chi connectivity index (χ3n) is 6.14. The maximum atomic E-state index is 14.9. The van der Waals surface area contributed by atoms with Crippen molar-refractivity contribution in [2.45, 2.75) is 6.92 Å². The summed E-state index contributed by atoms with van der Waals surface area (Å²) in [4.78, 5) is 12.0. The largest absolute Gasteiger partial charge is 0.507 e. The monoisotopic (exact) mass is 431 g/mol. The molecule has 0 aliphatic carbocycles. The van der Waals surface area contributed by atoms with Gasteiger partial charge in [-0.1, -0.05) is 18.2 Å². The molecule has 0 bridgehead atoms. The number of benzene rings is 2. The first-order chi connectivity index (χ1) is 15.5. The van der Waals surface area contributed by atoms with Crippen LogP contribution >= 0.6 is 0 Å². The fraction of sp³-hybridized carbons (Fsp3) is 0.240. The Hall–Kier alpha value is -3.58. The highest BCUT2D eigenvalue weighted by molar-refractivity contribution is 5.97. The molecule has 2 aromatic carbocycles. The van der Waals surface area contributed by atoms with E-state index in [0.717, 1.165) is 59.6 Å². The Bertz CT molecular complexity index is 1280. The fourth-order valence-corrected chi connectivity index (χ4v) is 4.23. The number of halogens is 1. The molecule has 6 nitrogen and oxygen atoms in total. The predicted molar refractivity (Wildman–Crippen MR) is 127 cm³/mol. The molecule has 0 atom stereocenters. The number of para-hydroxylation sites is 1. The third-order valence-corrected chi connectivity index (χ3v) is 6.14. The third kappa shape index (κ3) is 3.76. The zero-order valence-corrected chi connectivity index (χ0v) is 18.2. The fourth-order valence-electron chi connectivity index (χ4n) is 4.23. The normalized spacial score (nSPS) is 14.8. The summed E-state index contributed by atoms with van der Waals surface area (Å²) in [7, 11) is 2.09. The summed E-state index contributed by atoms with van der Waals surface area (Å²) in [6, 6.07) is 12.9. The van der Waals surface area contributed by atoms with Gasteiger partial charge >= 0.3 is 0 Å². The van der Waals surface area contributed by atoms with Crippen molar-refractivity contribution >= 4 is 28.1 Å². The van der Waals surface area contributed by atoms with Gasteiger partial charge in [0.15, 0.2) is 0 Å². The maximum absolute atomic E-state index is 14.9. The van der Waals surface area contributed by atoms with Crippen LogP contribution in [0.1, 0.15) is 5.56 Å². The number of likely N-dealkylation sites (N-methyl/N-ethyl adjacent to an activating group) is 1. The molecular formula is C25H26FN5O. The highest BCUT2D eigenvalue weighted by atomic mass is 19.1. The quantitative estimate of drug-likeness (QED) is 0.430. The Morgan fingerprint density at radius 3 is 2.62 bits per heavy atom. The SMILES string of the molecule is Cc1cccc(-c2c[nH]c3ncc(Nc4ccc(N5CCN(C)CC5)c(F)c4)cc23)c1O. The number of aromatic nitrogens is 2. The van der Waals surface area contributed by atoms with E-state index in [1.54, 1.807) is 6.20 Å². The summed E-state index contributed by atoms with van der Waals surface area (Å²) in [6.07, 6.45) is 3.56. The van der Waals surface area contributed by atoms with Crippen LogP contribution in [0.3, 0.4) is 0 Å². The van der Waals surface area contributed by atoms with Gasteiger partial charge in [0.05, 0.1) is 17.6 Å². The molecule has 0 amide bonds. The summed E-state index contributed by atoms with van der Waals surface area (Å²) < 4.78 is 14.9. The number of anilines is 3. The minimum absolute atomic E-state index is 0.236. The van der Waals surface area contributed by atoms with Crippen LogP contribution in [0, 0.1) is 12.7 Å². The lowest BCUT2D eigenvalue weighted by atomic mass is 10.0. The molecule has 7 heteroatoms. The summed E-state index contributed by atoms with van der Waals surface area (Å²) >= 11 is 0. The van der Waals surface area contributed by atoms with Crippen molar-refractivity contribution in [2.75, 3.05) is 43.4 Å². The first-order valence-corrected chi connectivity index (χ1v) is 10.8. The summed E-state index contributed by atoms with van der Waals surface area (Å²) in [6.45, 7) is 5.38. The molecule has 1 saturated heterocycles. The number of rotatable bonds is 4. The number of aromatic hydroxyl groups is 1. The van der Waals surface area contributed by atoms with E-state index in [4.69, 9.17) is 0 Å². The van der Waals surface area contributed by atoms with E-state index in [1.807, 2.05) is 49.5 Å². The molecule has 1 fully saturated rings. The average Bonchev–Trinajstić information content (AvgIpc) is 3.20. The second kappa shape index (κ2) is 8.16. The van der Waals surface area contributed by atoms with Gasteiger partial charge in [0.1, 0.15) is 17.2 Å². The van der Waals surface area contributed by atoms with Crippen LogP contribution in [0.15, 0.2) is 54.9 Å². The molecule has 164 valence electrons. The van der Waals surface area contributed by atoms with Gasteiger partial charge in [0, 0.05) is 54.6 Å². The van der Waals surface area contributed by atoms with Crippen molar-refractivity contribution in [2.24, 2.45) is 0 Å². The maximum Gasteiger partial charge on any atom is 0.148 e. The van der Waals surface area contributed by atoms with Gasteiger partial charge in [-0.2, -0.15) is 0 Å². The van der Waals surface area contributed by atoms with Crippen LogP contribution in [-0.4, -0.2) is 53.2 Å². The van der Waals surface area contributed by atoms with Gasteiger partial charge in [-0.05, 0) is 43.8 Å². The molecule has 4 aromatic rings. The van der Waals surface area contributed by atoms with Crippen LogP contribution in [0.5, 0.6) is 5.75 Å².